The van der Waals surface area contributed by atoms with Gasteiger partial charge in [0, 0.05) is 16.4 Å². The van der Waals surface area contributed by atoms with Crippen LogP contribution in [0.5, 0.6) is 0 Å². The highest BCUT2D eigenvalue weighted by molar-refractivity contribution is 9.10. The average Bonchev–Trinajstić information content (AvgIpc) is 2.39. The largest absolute Gasteiger partial charge is 0.382 e. The second-order valence-electron chi connectivity index (χ2n) is 4.56. The Morgan fingerprint density at radius 2 is 2.11 bits per heavy atom. The molecule has 0 N–H and O–H groups in total. The lowest BCUT2D eigenvalue weighted by Gasteiger charge is -2.40. The van der Waals surface area contributed by atoms with Crippen LogP contribution < -0.4 is 0 Å². The normalized spacial score (nSPS) is 26.2. The van der Waals surface area contributed by atoms with Crippen LogP contribution in [0.2, 0.25) is 0 Å². The van der Waals surface area contributed by atoms with Crippen LogP contribution in [-0.2, 0) is 20.8 Å². The monoisotopic (exact) mass is 392 g/mol. The van der Waals surface area contributed by atoms with Gasteiger partial charge in [0.2, 0.25) is 0 Å². The topological polar surface area (TPSA) is 27.7 Å². The van der Waals surface area contributed by atoms with E-state index in [9.17, 15) is 0 Å². The smallest absolute Gasteiger partial charge is 0.0963 e. The minimum Gasteiger partial charge on any atom is -0.382 e. The van der Waals surface area contributed by atoms with Crippen molar-refractivity contribution in [2.75, 3.05) is 20.3 Å². The lowest BCUT2D eigenvalue weighted by molar-refractivity contribution is -0.132. The Kier molecular flexibility index (Phi) is 6.29. The molecular weight excluding hydrogens is 376 g/mol. The summed E-state index contributed by atoms with van der Waals surface area (Å²) in [5.74, 6) is 0. The maximum atomic E-state index is 5.92. The van der Waals surface area contributed by atoms with Gasteiger partial charge in [-0.15, -0.1) is 0 Å². The van der Waals surface area contributed by atoms with Gasteiger partial charge in [0.05, 0.1) is 32.0 Å². The van der Waals surface area contributed by atoms with Gasteiger partial charge in [0.1, 0.15) is 0 Å². The molecule has 0 spiro atoms. The summed E-state index contributed by atoms with van der Waals surface area (Å²) in [6, 6.07) is 8.17. The van der Waals surface area contributed by atoms with Gasteiger partial charge in [-0.1, -0.05) is 44.0 Å². The summed E-state index contributed by atoms with van der Waals surface area (Å²) < 4.78 is 17.7. The summed E-state index contributed by atoms with van der Waals surface area (Å²) in [4.78, 5) is 0.386. The Bertz CT molecular complexity index is 400. The van der Waals surface area contributed by atoms with Crippen molar-refractivity contribution >= 4 is 31.9 Å². The fourth-order valence-corrected chi connectivity index (χ4v) is 3.31. The molecule has 0 bridgehead atoms. The van der Waals surface area contributed by atoms with Crippen LogP contribution >= 0.6 is 31.9 Å². The number of rotatable bonds is 7. The number of alkyl halides is 1. The van der Waals surface area contributed by atoms with Crippen molar-refractivity contribution in [1.29, 1.82) is 0 Å². The number of hydrogen-bond acceptors (Lipinski definition) is 3. The Balaban J connectivity index is 1.76. The fraction of sp³-hybridized carbons (Fsp3) is 0.571. The quantitative estimate of drug-likeness (QED) is 0.523. The fourth-order valence-electron chi connectivity index (χ4n) is 2.00. The van der Waals surface area contributed by atoms with Gasteiger partial charge in [-0.3, -0.25) is 0 Å². The Morgan fingerprint density at radius 3 is 2.79 bits per heavy atom. The van der Waals surface area contributed by atoms with Gasteiger partial charge in [0.25, 0.3) is 0 Å². The molecule has 0 amide bonds. The predicted octanol–water partition coefficient (Wildman–Crippen LogP) is 3.53. The van der Waals surface area contributed by atoms with Crippen molar-refractivity contribution in [3.05, 3.63) is 34.3 Å². The number of benzene rings is 1. The van der Waals surface area contributed by atoms with Gasteiger partial charge in [-0.25, -0.2) is 0 Å². The summed E-state index contributed by atoms with van der Waals surface area (Å²) in [7, 11) is 1.68. The molecule has 19 heavy (non-hydrogen) atoms. The third-order valence-corrected chi connectivity index (χ3v) is 4.52. The maximum Gasteiger partial charge on any atom is 0.0963 e. The van der Waals surface area contributed by atoms with Crippen molar-refractivity contribution in [2.45, 2.75) is 30.1 Å². The second kappa shape index (κ2) is 7.74. The second-order valence-corrected chi connectivity index (χ2v) is 6.65. The van der Waals surface area contributed by atoms with Crippen LogP contribution in [0.25, 0.3) is 0 Å². The van der Waals surface area contributed by atoms with Crippen LogP contribution in [0.4, 0.5) is 0 Å². The molecule has 1 fully saturated rings. The SMILES string of the molecule is COCCOC1C(Br)CC1OCc1cccc(Br)c1. The van der Waals surface area contributed by atoms with Crippen molar-refractivity contribution in [3.63, 3.8) is 0 Å². The van der Waals surface area contributed by atoms with Crippen LogP contribution in [0.3, 0.4) is 0 Å². The molecule has 106 valence electrons. The highest BCUT2D eigenvalue weighted by Crippen LogP contribution is 2.33. The summed E-state index contributed by atoms with van der Waals surface area (Å²) >= 11 is 7.07. The van der Waals surface area contributed by atoms with Crippen molar-refractivity contribution in [1.82, 2.24) is 0 Å². The standard InChI is InChI=1S/C14H18Br2O3/c1-17-5-6-18-14-12(16)8-13(14)19-9-10-3-2-4-11(15)7-10/h2-4,7,12-14H,5-6,8-9H2,1H3. The molecule has 2 rings (SSSR count). The molecule has 0 radical (unpaired) electrons. The highest BCUT2D eigenvalue weighted by Gasteiger charge is 2.41. The average molecular weight is 394 g/mol. The summed E-state index contributed by atoms with van der Waals surface area (Å²) in [5, 5.41) is 0. The molecule has 1 saturated carbocycles. The first kappa shape index (κ1) is 15.4. The zero-order valence-corrected chi connectivity index (χ0v) is 14.0. The van der Waals surface area contributed by atoms with Gasteiger partial charge in [-0.2, -0.15) is 0 Å². The molecule has 1 aromatic rings. The minimum atomic E-state index is 0.127. The number of hydrogen-bond donors (Lipinski definition) is 0. The van der Waals surface area contributed by atoms with Crippen LogP contribution in [0, 0.1) is 0 Å². The molecule has 1 aromatic carbocycles. The molecule has 3 unspecified atom stereocenters. The molecular formula is C14H18Br2O3. The third kappa shape index (κ3) is 4.53. The molecule has 0 aliphatic heterocycles. The molecule has 0 saturated heterocycles. The third-order valence-electron chi connectivity index (χ3n) is 3.13. The van der Waals surface area contributed by atoms with E-state index >= 15 is 0 Å². The van der Waals surface area contributed by atoms with Crippen molar-refractivity contribution in [2.24, 2.45) is 0 Å². The van der Waals surface area contributed by atoms with E-state index in [0.717, 1.165) is 10.9 Å². The van der Waals surface area contributed by atoms with E-state index in [1.165, 1.54) is 5.56 Å². The zero-order valence-electron chi connectivity index (χ0n) is 10.9. The first-order valence-corrected chi connectivity index (χ1v) is 8.02. The van der Waals surface area contributed by atoms with Gasteiger partial charge in [-0.05, 0) is 24.1 Å². The number of halogens is 2. The van der Waals surface area contributed by atoms with Crippen molar-refractivity contribution < 1.29 is 14.2 Å². The van der Waals surface area contributed by atoms with E-state index in [0.29, 0.717) is 24.6 Å². The van der Waals surface area contributed by atoms with Gasteiger partial charge in [0.15, 0.2) is 0 Å². The predicted molar refractivity (Wildman–Crippen MR) is 81.7 cm³/mol. The molecule has 3 nitrogen and oxygen atoms in total. The van der Waals surface area contributed by atoms with Crippen LogP contribution in [-0.4, -0.2) is 37.4 Å². The van der Waals surface area contributed by atoms with Crippen LogP contribution in [0.15, 0.2) is 28.7 Å². The summed E-state index contributed by atoms with van der Waals surface area (Å²) in [6.45, 7) is 1.85. The molecule has 1 aliphatic rings. The number of ether oxygens (including phenoxy) is 3. The molecule has 1 aliphatic carbocycles. The molecule has 3 atom stereocenters. The molecule has 0 heterocycles. The molecule has 5 heteroatoms. The lowest BCUT2D eigenvalue weighted by atomic mass is 9.91. The van der Waals surface area contributed by atoms with E-state index in [4.69, 9.17) is 14.2 Å². The number of methoxy groups -OCH3 is 1. The lowest BCUT2D eigenvalue weighted by Crippen LogP contribution is -2.51. The van der Waals surface area contributed by atoms with E-state index in [2.05, 4.69) is 44.0 Å². The highest BCUT2D eigenvalue weighted by atomic mass is 79.9. The zero-order chi connectivity index (χ0) is 13.7. The summed E-state index contributed by atoms with van der Waals surface area (Å²) in [5.41, 5.74) is 1.17. The Labute approximate surface area is 130 Å². The Hall–Kier alpha value is 0.0600. The van der Waals surface area contributed by atoms with Gasteiger partial charge >= 0.3 is 0 Å². The van der Waals surface area contributed by atoms with E-state index in [-0.39, 0.29) is 12.2 Å². The maximum absolute atomic E-state index is 5.92. The van der Waals surface area contributed by atoms with Crippen molar-refractivity contribution in [3.8, 4) is 0 Å². The molecule has 0 aromatic heterocycles. The van der Waals surface area contributed by atoms with E-state index in [1.54, 1.807) is 7.11 Å². The summed E-state index contributed by atoms with van der Waals surface area (Å²) in [6.07, 6.45) is 1.29. The van der Waals surface area contributed by atoms with Crippen LogP contribution in [0.1, 0.15) is 12.0 Å². The first-order chi connectivity index (χ1) is 9.20. The van der Waals surface area contributed by atoms with E-state index in [1.807, 2.05) is 12.1 Å². The van der Waals surface area contributed by atoms with Gasteiger partial charge < -0.3 is 14.2 Å². The minimum absolute atomic E-state index is 0.127. The first-order valence-electron chi connectivity index (χ1n) is 6.31. The Morgan fingerprint density at radius 1 is 1.26 bits per heavy atom. The van der Waals surface area contributed by atoms with E-state index < -0.39 is 0 Å².